The molecular weight excluding hydrogens is 260 g/mol. The molecule has 0 atom stereocenters. The lowest BCUT2D eigenvalue weighted by atomic mass is 10.1. The summed E-state index contributed by atoms with van der Waals surface area (Å²) < 4.78 is 10.4. The predicted octanol–water partition coefficient (Wildman–Crippen LogP) is 0.618. The summed E-state index contributed by atoms with van der Waals surface area (Å²) in [5, 5.41) is 0. The first-order valence-electron chi connectivity index (χ1n) is 6.40. The lowest BCUT2D eigenvalue weighted by molar-refractivity contribution is -0.119. The van der Waals surface area contributed by atoms with Crippen molar-refractivity contribution in [2.75, 3.05) is 40.4 Å². The van der Waals surface area contributed by atoms with Crippen LogP contribution in [0, 0.1) is 0 Å². The summed E-state index contributed by atoms with van der Waals surface area (Å²) in [4.78, 5) is 26.6. The summed E-state index contributed by atoms with van der Waals surface area (Å²) in [7, 11) is 3.09. The van der Waals surface area contributed by atoms with Crippen molar-refractivity contribution in [1.82, 2.24) is 9.80 Å². The Kier molecular flexibility index (Phi) is 4.45. The number of piperazine rings is 1. The predicted molar refractivity (Wildman–Crippen MR) is 73.1 cm³/mol. The summed E-state index contributed by atoms with van der Waals surface area (Å²) in [6.45, 7) is 2.17. The van der Waals surface area contributed by atoms with E-state index in [4.69, 9.17) is 9.47 Å². The second-order valence-corrected chi connectivity index (χ2v) is 4.50. The van der Waals surface area contributed by atoms with Crippen molar-refractivity contribution in [3.8, 4) is 11.5 Å². The number of methoxy groups -OCH3 is 2. The van der Waals surface area contributed by atoms with Gasteiger partial charge in [-0.25, -0.2) is 0 Å². The number of carbonyl (C=O) groups is 2. The van der Waals surface area contributed by atoms with Crippen LogP contribution in [-0.2, 0) is 4.79 Å². The molecule has 0 radical (unpaired) electrons. The van der Waals surface area contributed by atoms with Gasteiger partial charge in [0.05, 0.1) is 19.8 Å². The van der Waals surface area contributed by atoms with Gasteiger partial charge in [0.15, 0.2) is 0 Å². The van der Waals surface area contributed by atoms with Crippen LogP contribution in [0.15, 0.2) is 18.2 Å². The van der Waals surface area contributed by atoms with Crippen LogP contribution in [0.5, 0.6) is 11.5 Å². The number of hydrogen-bond donors (Lipinski definition) is 0. The molecule has 1 aromatic rings. The van der Waals surface area contributed by atoms with E-state index in [2.05, 4.69) is 0 Å². The first kappa shape index (κ1) is 14.2. The van der Waals surface area contributed by atoms with Gasteiger partial charge in [-0.1, -0.05) is 0 Å². The third kappa shape index (κ3) is 2.84. The van der Waals surface area contributed by atoms with Crippen molar-refractivity contribution < 1.29 is 19.1 Å². The summed E-state index contributed by atoms with van der Waals surface area (Å²) >= 11 is 0. The molecule has 20 heavy (non-hydrogen) atoms. The molecule has 0 N–H and O–H groups in total. The van der Waals surface area contributed by atoms with Crippen LogP contribution >= 0.6 is 0 Å². The molecule has 6 heteroatoms. The van der Waals surface area contributed by atoms with E-state index in [0.717, 1.165) is 6.41 Å². The average Bonchev–Trinajstić information content (AvgIpc) is 2.53. The molecule has 0 aromatic heterocycles. The van der Waals surface area contributed by atoms with E-state index in [1.807, 2.05) is 0 Å². The number of nitrogens with zero attached hydrogens (tertiary/aromatic N) is 2. The summed E-state index contributed by atoms with van der Waals surface area (Å²) in [6.07, 6.45) is 0.813. The highest BCUT2D eigenvalue weighted by Crippen LogP contribution is 2.25. The van der Waals surface area contributed by atoms with Gasteiger partial charge in [-0.3, -0.25) is 9.59 Å². The van der Waals surface area contributed by atoms with E-state index in [9.17, 15) is 9.59 Å². The standard InChI is InChI=1S/C14H18N2O4/c1-19-11-3-4-13(20-2)12(9-11)14(18)16-7-5-15(10-17)6-8-16/h3-4,9-10H,5-8H2,1-2H3. The Labute approximate surface area is 117 Å². The summed E-state index contributed by atoms with van der Waals surface area (Å²) in [6, 6.07) is 5.14. The summed E-state index contributed by atoms with van der Waals surface area (Å²) in [5.41, 5.74) is 0.478. The Hall–Kier alpha value is -2.24. The van der Waals surface area contributed by atoms with Gasteiger partial charge >= 0.3 is 0 Å². The minimum atomic E-state index is -0.105. The molecule has 1 fully saturated rings. The van der Waals surface area contributed by atoms with E-state index < -0.39 is 0 Å². The van der Waals surface area contributed by atoms with E-state index >= 15 is 0 Å². The van der Waals surface area contributed by atoms with E-state index in [-0.39, 0.29) is 5.91 Å². The van der Waals surface area contributed by atoms with Gasteiger partial charge in [0.1, 0.15) is 11.5 Å². The van der Waals surface area contributed by atoms with Gasteiger partial charge in [-0.15, -0.1) is 0 Å². The smallest absolute Gasteiger partial charge is 0.257 e. The average molecular weight is 278 g/mol. The number of ether oxygens (including phenoxy) is 2. The molecule has 108 valence electrons. The fourth-order valence-electron chi connectivity index (χ4n) is 2.18. The van der Waals surface area contributed by atoms with Crippen molar-refractivity contribution in [3.05, 3.63) is 23.8 Å². The lowest BCUT2D eigenvalue weighted by Crippen LogP contribution is -2.48. The van der Waals surface area contributed by atoms with Gasteiger partial charge in [-0.05, 0) is 18.2 Å². The van der Waals surface area contributed by atoms with E-state index in [1.54, 1.807) is 35.1 Å². The van der Waals surface area contributed by atoms with Crippen LogP contribution in [0.4, 0.5) is 0 Å². The monoisotopic (exact) mass is 278 g/mol. The molecule has 0 unspecified atom stereocenters. The van der Waals surface area contributed by atoms with Crippen LogP contribution in [0.25, 0.3) is 0 Å². The fourth-order valence-corrected chi connectivity index (χ4v) is 2.18. The maximum absolute atomic E-state index is 12.5. The number of amides is 2. The SMILES string of the molecule is COc1ccc(OC)c(C(=O)N2CCN(C=O)CC2)c1. The highest BCUT2D eigenvalue weighted by Gasteiger charge is 2.24. The largest absolute Gasteiger partial charge is 0.497 e. The Morgan fingerprint density at radius 1 is 1.15 bits per heavy atom. The molecule has 0 saturated carbocycles. The minimum absolute atomic E-state index is 0.105. The molecule has 2 rings (SSSR count). The van der Waals surface area contributed by atoms with Crippen molar-refractivity contribution in [2.45, 2.75) is 0 Å². The van der Waals surface area contributed by atoms with Crippen LogP contribution in [0.1, 0.15) is 10.4 Å². The number of hydrogen-bond acceptors (Lipinski definition) is 4. The third-order valence-electron chi connectivity index (χ3n) is 3.39. The molecule has 1 aliphatic heterocycles. The van der Waals surface area contributed by atoms with Crippen LogP contribution < -0.4 is 9.47 Å². The summed E-state index contributed by atoms with van der Waals surface area (Å²) in [5.74, 6) is 1.03. The Morgan fingerprint density at radius 2 is 1.85 bits per heavy atom. The minimum Gasteiger partial charge on any atom is -0.497 e. The van der Waals surface area contributed by atoms with Gasteiger partial charge in [0, 0.05) is 26.2 Å². The van der Waals surface area contributed by atoms with E-state index in [0.29, 0.717) is 43.2 Å². The second-order valence-electron chi connectivity index (χ2n) is 4.50. The molecule has 0 spiro atoms. The molecule has 2 amide bonds. The zero-order valence-corrected chi connectivity index (χ0v) is 11.7. The topological polar surface area (TPSA) is 59.1 Å². The van der Waals surface area contributed by atoms with Crippen LogP contribution in [0.2, 0.25) is 0 Å². The Morgan fingerprint density at radius 3 is 2.40 bits per heavy atom. The van der Waals surface area contributed by atoms with Gasteiger partial charge in [0.2, 0.25) is 6.41 Å². The molecular formula is C14H18N2O4. The molecule has 1 heterocycles. The Balaban J connectivity index is 2.18. The van der Waals surface area contributed by atoms with Crippen molar-refractivity contribution in [3.63, 3.8) is 0 Å². The van der Waals surface area contributed by atoms with Crippen LogP contribution in [-0.4, -0.2) is 62.5 Å². The second kappa shape index (κ2) is 6.27. The van der Waals surface area contributed by atoms with Crippen LogP contribution in [0.3, 0.4) is 0 Å². The maximum atomic E-state index is 12.5. The maximum Gasteiger partial charge on any atom is 0.257 e. The molecule has 0 bridgehead atoms. The Bertz CT molecular complexity index is 496. The van der Waals surface area contributed by atoms with Gasteiger partial charge in [0.25, 0.3) is 5.91 Å². The normalized spacial score (nSPS) is 14.9. The first-order chi connectivity index (χ1) is 9.69. The van der Waals surface area contributed by atoms with Crippen molar-refractivity contribution >= 4 is 12.3 Å². The molecule has 6 nitrogen and oxygen atoms in total. The zero-order chi connectivity index (χ0) is 14.5. The van der Waals surface area contributed by atoms with Crippen molar-refractivity contribution in [2.24, 2.45) is 0 Å². The lowest BCUT2D eigenvalue weighted by Gasteiger charge is -2.32. The number of benzene rings is 1. The molecule has 1 aromatic carbocycles. The van der Waals surface area contributed by atoms with E-state index in [1.165, 1.54) is 7.11 Å². The molecule has 0 aliphatic carbocycles. The third-order valence-corrected chi connectivity index (χ3v) is 3.39. The van der Waals surface area contributed by atoms with Gasteiger partial charge in [-0.2, -0.15) is 0 Å². The van der Waals surface area contributed by atoms with Crippen molar-refractivity contribution in [1.29, 1.82) is 0 Å². The highest BCUT2D eigenvalue weighted by molar-refractivity contribution is 5.97. The van der Waals surface area contributed by atoms with Gasteiger partial charge < -0.3 is 19.3 Å². The fraction of sp³-hybridized carbons (Fsp3) is 0.429. The molecule has 1 saturated heterocycles. The zero-order valence-electron chi connectivity index (χ0n) is 11.7. The number of carbonyl (C=O) groups excluding carboxylic acids is 2. The quantitative estimate of drug-likeness (QED) is 0.758. The first-order valence-corrected chi connectivity index (χ1v) is 6.40. The molecule has 1 aliphatic rings. The number of rotatable bonds is 4. The highest BCUT2D eigenvalue weighted by atomic mass is 16.5.